The number of nitrogens with two attached hydrogens (primary N) is 1. The minimum atomic E-state index is -4.88. The molecule has 0 spiro atoms. The molecule has 3 aliphatic rings. The molecule has 13 heteroatoms. The van der Waals surface area contributed by atoms with Crippen molar-refractivity contribution in [2.45, 2.75) is 57.5 Å². The van der Waals surface area contributed by atoms with E-state index in [9.17, 15) is 48.0 Å². The molecule has 4 rings (SSSR count). The zero-order chi connectivity index (χ0) is 30.8. The summed E-state index contributed by atoms with van der Waals surface area (Å²) in [4.78, 5) is 40.3. The van der Waals surface area contributed by atoms with Crippen molar-refractivity contribution in [2.75, 3.05) is 20.6 Å². The molecule has 1 aromatic rings. The molecule has 0 heterocycles. The van der Waals surface area contributed by atoms with Gasteiger partial charge in [-0.05, 0) is 68.9 Å². The van der Waals surface area contributed by atoms with Gasteiger partial charge in [0.25, 0.3) is 5.91 Å². The molecule has 0 bridgehead atoms. The number of hydrogen-bond donors (Lipinski definition) is 6. The fourth-order valence-electron chi connectivity index (χ4n) is 6.49. The minimum absolute atomic E-state index is 0.211. The number of amides is 1. The Morgan fingerprint density at radius 1 is 1.22 bits per heavy atom. The minimum Gasteiger partial charge on any atom is -0.508 e. The van der Waals surface area contributed by atoms with Gasteiger partial charge >= 0.3 is 6.18 Å². The van der Waals surface area contributed by atoms with Crippen molar-refractivity contribution < 1.29 is 48.0 Å². The van der Waals surface area contributed by atoms with E-state index in [2.05, 4.69) is 5.32 Å². The standard InChI is InChI=1S/C28H34F3N3O7/c1-11(2)5-6-33-10-13-9-16(35)18-14(20(13)28(29,30)31)7-12-8-15-21(34(3)4)23(37)19(26(32)40)25(39)27(15,41)24(38)17(12)22(18)36/h9,11-12,15,21,33,35-36,39,41H,5-8,10H2,1-4H3,(H2,32,40)/t12-,15-,21-,27-/m0/s1. The van der Waals surface area contributed by atoms with Gasteiger partial charge in [-0.1, -0.05) is 13.8 Å². The van der Waals surface area contributed by atoms with Crippen LogP contribution in [0.2, 0.25) is 0 Å². The van der Waals surface area contributed by atoms with Gasteiger partial charge in [0.1, 0.15) is 22.8 Å². The zero-order valence-electron chi connectivity index (χ0n) is 23.1. The van der Waals surface area contributed by atoms with Crippen LogP contribution in [-0.4, -0.2) is 75.1 Å². The number of halogens is 3. The quantitative estimate of drug-likeness (QED) is 0.208. The van der Waals surface area contributed by atoms with Gasteiger partial charge in [0.2, 0.25) is 5.78 Å². The number of Topliss-reactive ketones (excluding diaryl/α,β-unsaturated/α-hetero) is 2. The number of aliphatic hydroxyl groups is 3. The van der Waals surface area contributed by atoms with Gasteiger partial charge in [-0.2, -0.15) is 13.2 Å². The molecule has 10 nitrogen and oxygen atoms in total. The predicted octanol–water partition coefficient (Wildman–Crippen LogP) is 2.12. The molecular weight excluding hydrogens is 547 g/mol. The van der Waals surface area contributed by atoms with E-state index < -0.39 is 98.7 Å². The largest absolute Gasteiger partial charge is 0.508 e. The third-order valence-corrected chi connectivity index (χ3v) is 8.30. The van der Waals surface area contributed by atoms with Crippen LogP contribution in [0.1, 0.15) is 48.9 Å². The molecule has 3 aliphatic carbocycles. The number of carbonyl (C=O) groups excluding carboxylic acids is 3. The van der Waals surface area contributed by atoms with E-state index in [0.717, 1.165) is 6.07 Å². The van der Waals surface area contributed by atoms with Crippen molar-refractivity contribution in [3.05, 3.63) is 45.2 Å². The number of primary amides is 1. The Hall–Kier alpha value is -3.42. The third kappa shape index (κ3) is 4.79. The summed E-state index contributed by atoms with van der Waals surface area (Å²) in [6.45, 7) is 4.16. The second-order valence-corrected chi connectivity index (χ2v) is 11.6. The first-order valence-corrected chi connectivity index (χ1v) is 13.2. The number of phenols is 1. The summed E-state index contributed by atoms with van der Waals surface area (Å²) in [5.41, 5.74) is -1.36. The van der Waals surface area contributed by atoms with E-state index in [-0.39, 0.29) is 18.5 Å². The monoisotopic (exact) mass is 581 g/mol. The van der Waals surface area contributed by atoms with Gasteiger partial charge < -0.3 is 31.5 Å². The number of hydrogen-bond acceptors (Lipinski definition) is 9. The van der Waals surface area contributed by atoms with Crippen molar-refractivity contribution in [2.24, 2.45) is 23.5 Å². The van der Waals surface area contributed by atoms with Crippen LogP contribution in [0.15, 0.2) is 23.0 Å². The van der Waals surface area contributed by atoms with Gasteiger partial charge in [0.15, 0.2) is 11.4 Å². The maximum absolute atomic E-state index is 14.5. The molecule has 1 aromatic carbocycles. The number of phenolic OH excluding ortho intramolecular Hbond substituents is 1. The lowest BCUT2D eigenvalue weighted by Gasteiger charge is -2.50. The van der Waals surface area contributed by atoms with Crippen LogP contribution in [0.4, 0.5) is 13.2 Å². The van der Waals surface area contributed by atoms with E-state index in [4.69, 9.17) is 5.73 Å². The maximum atomic E-state index is 14.5. The number of likely N-dealkylation sites (N-methyl/N-ethyl adjacent to an activating group) is 1. The molecule has 41 heavy (non-hydrogen) atoms. The van der Waals surface area contributed by atoms with Gasteiger partial charge in [-0.25, -0.2) is 0 Å². The molecule has 0 aromatic heterocycles. The van der Waals surface area contributed by atoms with Crippen molar-refractivity contribution in [3.63, 3.8) is 0 Å². The first-order chi connectivity index (χ1) is 18.9. The Balaban J connectivity index is 1.91. The number of aliphatic hydroxyl groups excluding tert-OH is 2. The number of benzene rings is 1. The fraction of sp³-hybridized carbons (Fsp3) is 0.536. The Bertz CT molecular complexity index is 1380. The Labute approximate surface area is 234 Å². The van der Waals surface area contributed by atoms with Crippen LogP contribution in [-0.2, 0) is 33.5 Å². The van der Waals surface area contributed by atoms with E-state index in [1.807, 2.05) is 13.8 Å². The molecule has 0 aliphatic heterocycles. The summed E-state index contributed by atoms with van der Waals surface area (Å²) in [5, 5.41) is 47.4. The molecule has 0 saturated heterocycles. The van der Waals surface area contributed by atoms with Gasteiger partial charge in [-0.15, -0.1) is 0 Å². The normalized spacial score (nSPS) is 26.4. The summed E-state index contributed by atoms with van der Waals surface area (Å²) in [6.07, 6.45) is -4.92. The highest BCUT2D eigenvalue weighted by atomic mass is 19.4. The number of nitrogens with one attached hydrogen (secondary N) is 1. The van der Waals surface area contributed by atoms with Gasteiger partial charge in [-0.3, -0.25) is 19.3 Å². The van der Waals surface area contributed by atoms with Gasteiger partial charge in [0, 0.05) is 18.0 Å². The summed E-state index contributed by atoms with van der Waals surface area (Å²) < 4.78 is 43.5. The van der Waals surface area contributed by atoms with Gasteiger partial charge in [0.05, 0.1) is 17.2 Å². The molecule has 7 N–H and O–H groups in total. The zero-order valence-corrected chi connectivity index (χ0v) is 23.1. The lowest BCUT2D eigenvalue weighted by molar-refractivity contribution is -0.153. The van der Waals surface area contributed by atoms with E-state index in [1.54, 1.807) is 0 Å². The van der Waals surface area contributed by atoms with E-state index in [1.165, 1.54) is 19.0 Å². The SMILES string of the molecule is CC(C)CCNCc1cc(O)c2c(c1C(F)(F)F)C[C@H]1C[C@H]3[C@H](N(C)C)C(=O)C(C(N)=O)=C(O)[C@@]3(O)C(=O)C1=C2O. The summed E-state index contributed by atoms with van der Waals surface area (Å²) in [5.74, 6) is -8.72. The van der Waals surface area contributed by atoms with Crippen LogP contribution >= 0.6 is 0 Å². The van der Waals surface area contributed by atoms with Crippen molar-refractivity contribution in [3.8, 4) is 5.75 Å². The molecule has 1 saturated carbocycles. The predicted molar refractivity (Wildman–Crippen MR) is 140 cm³/mol. The Kier molecular flexibility index (Phi) is 7.78. The first-order valence-electron chi connectivity index (χ1n) is 13.2. The van der Waals surface area contributed by atoms with Crippen LogP contribution in [0.25, 0.3) is 5.76 Å². The highest BCUT2D eigenvalue weighted by molar-refractivity contribution is 6.24. The fourth-order valence-corrected chi connectivity index (χ4v) is 6.49. The summed E-state index contributed by atoms with van der Waals surface area (Å²) in [6, 6.07) is -0.449. The van der Waals surface area contributed by atoms with Crippen molar-refractivity contribution >= 4 is 23.2 Å². The molecule has 1 fully saturated rings. The topological polar surface area (TPSA) is 173 Å². The van der Waals surface area contributed by atoms with E-state index >= 15 is 0 Å². The van der Waals surface area contributed by atoms with Crippen LogP contribution < -0.4 is 11.1 Å². The summed E-state index contributed by atoms with van der Waals surface area (Å²) in [7, 11) is 2.87. The summed E-state index contributed by atoms with van der Waals surface area (Å²) >= 11 is 0. The Morgan fingerprint density at radius 3 is 2.39 bits per heavy atom. The van der Waals surface area contributed by atoms with Crippen molar-refractivity contribution in [1.82, 2.24) is 10.2 Å². The number of fused-ring (bicyclic) bond motifs is 3. The molecular formula is C28H34F3N3O7. The molecule has 4 atom stereocenters. The molecule has 224 valence electrons. The number of nitrogens with zero attached hydrogens (tertiary/aromatic N) is 1. The average Bonchev–Trinajstić information content (AvgIpc) is 2.82. The number of ketones is 2. The Morgan fingerprint density at radius 2 is 1.85 bits per heavy atom. The van der Waals surface area contributed by atoms with Crippen molar-refractivity contribution in [1.29, 1.82) is 0 Å². The first kappa shape index (κ1) is 30.5. The molecule has 0 radical (unpaired) electrons. The number of aromatic hydroxyl groups is 1. The van der Waals surface area contributed by atoms with Crippen LogP contribution in [0, 0.1) is 17.8 Å². The van der Waals surface area contributed by atoms with E-state index in [0.29, 0.717) is 18.9 Å². The van der Waals surface area contributed by atoms with Crippen LogP contribution in [0.3, 0.4) is 0 Å². The van der Waals surface area contributed by atoms with Crippen LogP contribution in [0.5, 0.6) is 5.75 Å². The second-order valence-electron chi connectivity index (χ2n) is 11.6. The molecule has 1 amide bonds. The lowest BCUT2D eigenvalue weighted by atomic mass is 9.57. The second kappa shape index (κ2) is 10.4. The number of rotatable bonds is 7. The number of alkyl halides is 3. The molecule has 0 unspecified atom stereocenters. The third-order valence-electron chi connectivity index (χ3n) is 8.30. The number of carbonyl (C=O) groups is 3. The highest BCUT2D eigenvalue weighted by Gasteiger charge is 2.64. The maximum Gasteiger partial charge on any atom is 0.417 e. The highest BCUT2D eigenvalue weighted by Crippen LogP contribution is 2.54. The average molecular weight is 582 g/mol. The lowest BCUT2D eigenvalue weighted by Crippen LogP contribution is -2.65. The smallest absolute Gasteiger partial charge is 0.417 e.